The van der Waals surface area contributed by atoms with Crippen molar-refractivity contribution in [2.45, 2.75) is 18.6 Å². The van der Waals surface area contributed by atoms with E-state index in [4.69, 9.17) is 14.2 Å². The van der Waals surface area contributed by atoms with Crippen molar-refractivity contribution in [1.29, 1.82) is 0 Å². The molecular formula is C22H28N2O4. The predicted molar refractivity (Wildman–Crippen MR) is 109 cm³/mol. The number of hydrogen-bond acceptors (Lipinski definition) is 6. The van der Waals surface area contributed by atoms with Gasteiger partial charge in [-0.25, -0.2) is 0 Å². The molecule has 1 heterocycles. The Morgan fingerprint density at radius 3 is 2.18 bits per heavy atom. The van der Waals surface area contributed by atoms with Crippen LogP contribution in [0, 0.1) is 0 Å². The Balaban J connectivity index is 1.47. The number of anilines is 1. The maximum Gasteiger partial charge on any atom is 0.161 e. The van der Waals surface area contributed by atoms with Crippen molar-refractivity contribution >= 4 is 5.69 Å². The highest BCUT2D eigenvalue weighted by Gasteiger charge is 2.37. The Hall–Kier alpha value is -2.44. The third-order valence-electron chi connectivity index (χ3n) is 5.97. The number of fused-ring (bicyclic) bond motifs is 1. The van der Waals surface area contributed by atoms with Crippen molar-refractivity contribution in [3.05, 3.63) is 47.5 Å². The van der Waals surface area contributed by atoms with Gasteiger partial charge in [-0.15, -0.1) is 0 Å². The number of para-hydroxylation sites is 2. The van der Waals surface area contributed by atoms with E-state index in [2.05, 4.69) is 15.9 Å². The third-order valence-corrected chi connectivity index (χ3v) is 5.97. The fourth-order valence-electron chi connectivity index (χ4n) is 4.45. The van der Waals surface area contributed by atoms with E-state index in [-0.39, 0.29) is 6.04 Å². The number of aliphatic hydroxyl groups is 1. The van der Waals surface area contributed by atoms with Crippen molar-refractivity contribution in [1.82, 2.24) is 4.90 Å². The molecule has 0 saturated carbocycles. The van der Waals surface area contributed by atoms with Gasteiger partial charge in [0.2, 0.25) is 0 Å². The molecule has 1 aliphatic heterocycles. The SMILES string of the molecule is COc1cc2c(cc1OC)C(O)C(N1CCN(c3ccccc3OC)CC1)C2. The lowest BCUT2D eigenvalue weighted by molar-refractivity contribution is 0.0571. The van der Waals surface area contributed by atoms with Crippen LogP contribution in [0.25, 0.3) is 0 Å². The molecule has 6 nitrogen and oxygen atoms in total. The Kier molecular flexibility index (Phi) is 5.33. The zero-order valence-electron chi connectivity index (χ0n) is 16.7. The molecule has 28 heavy (non-hydrogen) atoms. The molecule has 1 N–H and O–H groups in total. The lowest BCUT2D eigenvalue weighted by Gasteiger charge is -2.40. The van der Waals surface area contributed by atoms with E-state index in [1.165, 1.54) is 0 Å². The molecule has 1 fully saturated rings. The van der Waals surface area contributed by atoms with Gasteiger partial charge in [0, 0.05) is 32.2 Å². The molecule has 2 aromatic rings. The molecule has 6 heteroatoms. The quantitative estimate of drug-likeness (QED) is 0.855. The van der Waals surface area contributed by atoms with Crippen LogP contribution in [0.4, 0.5) is 5.69 Å². The van der Waals surface area contributed by atoms with Crippen molar-refractivity contribution in [2.75, 3.05) is 52.4 Å². The summed E-state index contributed by atoms with van der Waals surface area (Å²) >= 11 is 0. The standard InChI is InChI=1S/C22H28N2O4/c1-26-19-7-5-4-6-17(19)23-8-10-24(11-9-23)18-12-15-13-20(27-2)21(28-3)14-16(15)22(18)25/h4-7,13-14,18,22,25H,8-12H2,1-3H3. The van der Waals surface area contributed by atoms with Crippen LogP contribution in [0.15, 0.2) is 36.4 Å². The van der Waals surface area contributed by atoms with Crippen LogP contribution in [0.5, 0.6) is 17.2 Å². The molecule has 0 spiro atoms. The first kappa shape index (κ1) is 18.9. The second-order valence-electron chi connectivity index (χ2n) is 7.32. The number of nitrogens with zero attached hydrogens (tertiary/aromatic N) is 2. The van der Waals surface area contributed by atoms with Gasteiger partial charge in [-0.2, -0.15) is 0 Å². The van der Waals surface area contributed by atoms with Gasteiger partial charge in [0.15, 0.2) is 11.5 Å². The summed E-state index contributed by atoms with van der Waals surface area (Å²) < 4.78 is 16.3. The molecule has 2 aromatic carbocycles. The maximum absolute atomic E-state index is 11.0. The topological polar surface area (TPSA) is 54.4 Å². The first-order valence-electron chi connectivity index (χ1n) is 9.71. The highest BCUT2D eigenvalue weighted by atomic mass is 16.5. The molecule has 1 saturated heterocycles. The molecule has 0 amide bonds. The molecule has 150 valence electrons. The zero-order valence-corrected chi connectivity index (χ0v) is 16.7. The predicted octanol–water partition coefficient (Wildman–Crippen LogP) is 2.49. The van der Waals surface area contributed by atoms with Crippen LogP contribution in [-0.4, -0.2) is 63.6 Å². The summed E-state index contributed by atoms with van der Waals surface area (Å²) in [5.74, 6) is 2.29. The van der Waals surface area contributed by atoms with E-state index in [0.29, 0.717) is 5.75 Å². The van der Waals surface area contributed by atoms with Gasteiger partial charge in [0.05, 0.1) is 33.1 Å². The molecule has 0 aromatic heterocycles. The summed E-state index contributed by atoms with van der Waals surface area (Å²) in [7, 11) is 4.98. The number of aliphatic hydroxyl groups excluding tert-OH is 1. The average molecular weight is 384 g/mol. The van der Waals surface area contributed by atoms with Gasteiger partial charge in [-0.3, -0.25) is 4.90 Å². The van der Waals surface area contributed by atoms with Crippen molar-refractivity contribution in [3.63, 3.8) is 0 Å². The lowest BCUT2D eigenvalue weighted by atomic mass is 10.1. The van der Waals surface area contributed by atoms with Gasteiger partial charge in [0.1, 0.15) is 5.75 Å². The minimum Gasteiger partial charge on any atom is -0.495 e. The van der Waals surface area contributed by atoms with E-state index in [0.717, 1.165) is 60.9 Å². The smallest absolute Gasteiger partial charge is 0.161 e. The normalized spacial score (nSPS) is 22.1. The summed E-state index contributed by atoms with van der Waals surface area (Å²) in [6.07, 6.45) is 0.318. The number of benzene rings is 2. The van der Waals surface area contributed by atoms with Gasteiger partial charge >= 0.3 is 0 Å². The van der Waals surface area contributed by atoms with Gasteiger partial charge < -0.3 is 24.2 Å². The Bertz CT molecular complexity index is 833. The number of ether oxygens (including phenoxy) is 3. The number of methoxy groups -OCH3 is 3. The summed E-state index contributed by atoms with van der Waals surface area (Å²) in [6, 6.07) is 12.2. The van der Waals surface area contributed by atoms with Crippen molar-refractivity contribution in [3.8, 4) is 17.2 Å². The highest BCUT2D eigenvalue weighted by molar-refractivity contribution is 5.58. The molecule has 2 unspecified atom stereocenters. The van der Waals surface area contributed by atoms with Gasteiger partial charge in [0.25, 0.3) is 0 Å². The van der Waals surface area contributed by atoms with E-state index in [1.807, 2.05) is 30.3 Å². The summed E-state index contributed by atoms with van der Waals surface area (Å²) in [5.41, 5.74) is 3.23. The highest BCUT2D eigenvalue weighted by Crippen LogP contribution is 2.41. The Morgan fingerprint density at radius 2 is 1.50 bits per heavy atom. The lowest BCUT2D eigenvalue weighted by Crippen LogP contribution is -2.51. The first-order valence-corrected chi connectivity index (χ1v) is 9.71. The Morgan fingerprint density at radius 1 is 0.857 bits per heavy atom. The number of rotatable bonds is 5. The van der Waals surface area contributed by atoms with E-state index < -0.39 is 6.10 Å². The fourth-order valence-corrected chi connectivity index (χ4v) is 4.45. The number of piperazine rings is 1. The van der Waals surface area contributed by atoms with Gasteiger partial charge in [-0.1, -0.05) is 12.1 Å². The molecule has 4 rings (SSSR count). The van der Waals surface area contributed by atoms with Crippen LogP contribution >= 0.6 is 0 Å². The average Bonchev–Trinajstić information content (AvgIpc) is 3.08. The van der Waals surface area contributed by atoms with Crippen molar-refractivity contribution in [2.24, 2.45) is 0 Å². The molecule has 0 bridgehead atoms. The fraction of sp³-hybridized carbons (Fsp3) is 0.455. The molecule has 2 atom stereocenters. The van der Waals surface area contributed by atoms with Crippen LogP contribution < -0.4 is 19.1 Å². The molecular weight excluding hydrogens is 356 g/mol. The van der Waals surface area contributed by atoms with Crippen LogP contribution in [-0.2, 0) is 6.42 Å². The minimum absolute atomic E-state index is 0.0895. The molecule has 0 radical (unpaired) electrons. The third kappa shape index (κ3) is 3.27. The molecule has 2 aliphatic rings. The van der Waals surface area contributed by atoms with Crippen LogP contribution in [0.3, 0.4) is 0 Å². The van der Waals surface area contributed by atoms with Crippen LogP contribution in [0.2, 0.25) is 0 Å². The van der Waals surface area contributed by atoms with E-state index in [9.17, 15) is 5.11 Å². The monoisotopic (exact) mass is 384 g/mol. The van der Waals surface area contributed by atoms with Crippen LogP contribution in [0.1, 0.15) is 17.2 Å². The summed E-state index contributed by atoms with van der Waals surface area (Å²) in [4.78, 5) is 4.76. The van der Waals surface area contributed by atoms with Crippen molar-refractivity contribution < 1.29 is 19.3 Å². The van der Waals surface area contributed by atoms with Gasteiger partial charge in [-0.05, 0) is 41.8 Å². The van der Waals surface area contributed by atoms with E-state index in [1.54, 1.807) is 21.3 Å². The first-order chi connectivity index (χ1) is 13.7. The Labute approximate surface area is 166 Å². The summed E-state index contributed by atoms with van der Waals surface area (Å²) in [5, 5.41) is 11.0. The second-order valence-corrected chi connectivity index (χ2v) is 7.32. The maximum atomic E-state index is 11.0. The summed E-state index contributed by atoms with van der Waals surface area (Å²) in [6.45, 7) is 3.63. The largest absolute Gasteiger partial charge is 0.495 e. The minimum atomic E-state index is -0.507. The zero-order chi connectivity index (χ0) is 19.7. The van der Waals surface area contributed by atoms with E-state index >= 15 is 0 Å². The number of hydrogen-bond donors (Lipinski definition) is 1. The second kappa shape index (κ2) is 7.89. The molecule has 1 aliphatic carbocycles.